The molecule has 1 amide bonds. The highest BCUT2D eigenvalue weighted by Gasteiger charge is 2.08. The number of rotatable bonds is 1. The summed E-state index contributed by atoms with van der Waals surface area (Å²) in [7, 11) is 1.74. The molecule has 0 aromatic heterocycles. The van der Waals surface area contributed by atoms with Gasteiger partial charge in [-0.3, -0.25) is 4.79 Å². The molecule has 0 heterocycles. The second-order valence-electron chi connectivity index (χ2n) is 3.07. The summed E-state index contributed by atoms with van der Waals surface area (Å²) < 4.78 is 0. The fourth-order valence-electron chi connectivity index (χ4n) is 1.17. The van der Waals surface area contributed by atoms with Crippen LogP contribution in [0.3, 0.4) is 0 Å². The largest absolute Gasteiger partial charge is 0.398 e. The summed E-state index contributed by atoms with van der Waals surface area (Å²) in [5.74, 6) is 0.00806. The Hall–Kier alpha value is -1.51. The maximum Gasteiger partial charge on any atom is 0.223 e. The van der Waals surface area contributed by atoms with Crippen molar-refractivity contribution < 1.29 is 4.79 Å². The van der Waals surface area contributed by atoms with Gasteiger partial charge in [0.15, 0.2) is 0 Å². The number of hydrogen-bond donors (Lipinski definition) is 1. The molecule has 0 saturated heterocycles. The summed E-state index contributed by atoms with van der Waals surface area (Å²) >= 11 is 0. The number of hydrogen-bond acceptors (Lipinski definition) is 2. The van der Waals surface area contributed by atoms with Crippen LogP contribution in [0.1, 0.15) is 12.5 Å². The number of nitrogens with zero attached hydrogens (tertiary/aromatic N) is 1. The number of carbonyl (C=O) groups is 1. The third-order valence-corrected chi connectivity index (χ3v) is 2.18. The Bertz CT molecular complexity index is 334. The van der Waals surface area contributed by atoms with Crippen LogP contribution in [0.15, 0.2) is 18.2 Å². The normalized spacial score (nSPS) is 9.77. The maximum absolute atomic E-state index is 11.1. The molecule has 0 aliphatic carbocycles. The van der Waals surface area contributed by atoms with Crippen LogP contribution in [-0.4, -0.2) is 13.0 Å². The highest BCUT2D eigenvalue weighted by atomic mass is 16.2. The number of benzene rings is 1. The third kappa shape index (κ3) is 1.80. The quantitative estimate of drug-likeness (QED) is 0.663. The molecule has 2 N–H and O–H groups in total. The molecule has 0 aliphatic rings. The summed E-state index contributed by atoms with van der Waals surface area (Å²) in [4.78, 5) is 12.7. The Balaban J connectivity index is 3.15. The lowest BCUT2D eigenvalue weighted by atomic mass is 10.1. The van der Waals surface area contributed by atoms with Crippen molar-refractivity contribution in [1.82, 2.24) is 0 Å². The first-order valence-electron chi connectivity index (χ1n) is 4.13. The SMILES string of the molecule is CC(=O)N(C)c1cccc(N)c1C. The van der Waals surface area contributed by atoms with Crippen LogP contribution in [-0.2, 0) is 4.79 Å². The van der Waals surface area contributed by atoms with Gasteiger partial charge >= 0.3 is 0 Å². The van der Waals surface area contributed by atoms with Crippen molar-refractivity contribution in [2.24, 2.45) is 0 Å². The van der Waals surface area contributed by atoms with Crippen molar-refractivity contribution in [3.8, 4) is 0 Å². The maximum atomic E-state index is 11.1. The van der Waals surface area contributed by atoms with Crippen molar-refractivity contribution in [3.63, 3.8) is 0 Å². The van der Waals surface area contributed by atoms with Crippen molar-refractivity contribution >= 4 is 17.3 Å². The standard InChI is InChI=1S/C10H14N2O/c1-7-9(11)5-4-6-10(7)12(3)8(2)13/h4-6H,11H2,1-3H3. The van der Waals surface area contributed by atoms with Crippen LogP contribution < -0.4 is 10.6 Å². The van der Waals surface area contributed by atoms with E-state index in [4.69, 9.17) is 5.73 Å². The lowest BCUT2D eigenvalue weighted by Crippen LogP contribution is -2.23. The summed E-state index contributed by atoms with van der Waals surface area (Å²) in [6, 6.07) is 5.55. The van der Waals surface area contributed by atoms with E-state index in [0.717, 1.165) is 11.3 Å². The van der Waals surface area contributed by atoms with Gasteiger partial charge in [-0.1, -0.05) is 6.07 Å². The second-order valence-corrected chi connectivity index (χ2v) is 3.07. The van der Waals surface area contributed by atoms with E-state index in [-0.39, 0.29) is 5.91 Å². The number of carbonyl (C=O) groups excluding carboxylic acids is 1. The molecule has 1 aromatic carbocycles. The van der Waals surface area contributed by atoms with E-state index < -0.39 is 0 Å². The minimum atomic E-state index is 0.00806. The molecule has 13 heavy (non-hydrogen) atoms. The highest BCUT2D eigenvalue weighted by molar-refractivity contribution is 5.92. The average Bonchev–Trinajstić information content (AvgIpc) is 2.08. The average molecular weight is 178 g/mol. The molecule has 0 aliphatic heterocycles. The van der Waals surface area contributed by atoms with Gasteiger partial charge in [0.1, 0.15) is 0 Å². The minimum absolute atomic E-state index is 0.00806. The molecule has 0 saturated carbocycles. The molecule has 0 atom stereocenters. The van der Waals surface area contributed by atoms with E-state index in [1.165, 1.54) is 6.92 Å². The minimum Gasteiger partial charge on any atom is -0.398 e. The van der Waals surface area contributed by atoms with Gasteiger partial charge in [0.05, 0.1) is 0 Å². The van der Waals surface area contributed by atoms with Crippen molar-refractivity contribution in [2.45, 2.75) is 13.8 Å². The molecule has 3 nitrogen and oxygen atoms in total. The highest BCUT2D eigenvalue weighted by Crippen LogP contribution is 2.23. The van der Waals surface area contributed by atoms with Crippen molar-refractivity contribution in [3.05, 3.63) is 23.8 Å². The van der Waals surface area contributed by atoms with E-state index in [0.29, 0.717) is 5.69 Å². The fourth-order valence-corrected chi connectivity index (χ4v) is 1.17. The van der Waals surface area contributed by atoms with E-state index in [1.807, 2.05) is 25.1 Å². The summed E-state index contributed by atoms with van der Waals surface area (Å²) in [5.41, 5.74) is 8.25. The Labute approximate surface area is 78.2 Å². The van der Waals surface area contributed by atoms with E-state index in [1.54, 1.807) is 11.9 Å². The Morgan fingerprint density at radius 2 is 2.08 bits per heavy atom. The number of nitrogens with two attached hydrogens (primary N) is 1. The Kier molecular flexibility index (Phi) is 2.56. The zero-order chi connectivity index (χ0) is 10.0. The molecule has 0 spiro atoms. The van der Waals surface area contributed by atoms with Crippen LogP contribution in [0, 0.1) is 6.92 Å². The van der Waals surface area contributed by atoms with Gasteiger partial charge in [-0.05, 0) is 24.6 Å². The molecular formula is C10H14N2O. The topological polar surface area (TPSA) is 46.3 Å². The monoisotopic (exact) mass is 178 g/mol. The predicted octanol–water partition coefficient (Wildman–Crippen LogP) is 1.56. The smallest absolute Gasteiger partial charge is 0.223 e. The summed E-state index contributed by atoms with van der Waals surface area (Å²) in [6.07, 6.45) is 0. The van der Waals surface area contributed by atoms with Gasteiger partial charge in [0.2, 0.25) is 5.91 Å². The zero-order valence-corrected chi connectivity index (χ0v) is 8.16. The van der Waals surface area contributed by atoms with Crippen LogP contribution in [0.4, 0.5) is 11.4 Å². The molecular weight excluding hydrogens is 164 g/mol. The lowest BCUT2D eigenvalue weighted by molar-refractivity contribution is -0.116. The van der Waals surface area contributed by atoms with Crippen molar-refractivity contribution in [2.75, 3.05) is 17.7 Å². The Morgan fingerprint density at radius 3 is 2.62 bits per heavy atom. The molecule has 0 fully saturated rings. The van der Waals surface area contributed by atoms with Gasteiger partial charge in [0.25, 0.3) is 0 Å². The molecule has 70 valence electrons. The molecule has 0 bridgehead atoms. The van der Waals surface area contributed by atoms with Crippen molar-refractivity contribution in [1.29, 1.82) is 0 Å². The van der Waals surface area contributed by atoms with Gasteiger partial charge in [-0.2, -0.15) is 0 Å². The van der Waals surface area contributed by atoms with Gasteiger partial charge in [-0.25, -0.2) is 0 Å². The van der Waals surface area contributed by atoms with E-state index in [9.17, 15) is 4.79 Å². The molecule has 3 heteroatoms. The number of amides is 1. The molecule has 0 unspecified atom stereocenters. The van der Waals surface area contributed by atoms with Crippen LogP contribution in [0.5, 0.6) is 0 Å². The van der Waals surface area contributed by atoms with Crippen LogP contribution in [0.2, 0.25) is 0 Å². The summed E-state index contributed by atoms with van der Waals surface area (Å²) in [6.45, 7) is 3.44. The van der Waals surface area contributed by atoms with E-state index in [2.05, 4.69) is 0 Å². The number of nitrogen functional groups attached to an aromatic ring is 1. The van der Waals surface area contributed by atoms with Crippen LogP contribution in [0.25, 0.3) is 0 Å². The van der Waals surface area contributed by atoms with Gasteiger partial charge < -0.3 is 10.6 Å². The molecule has 1 aromatic rings. The van der Waals surface area contributed by atoms with E-state index >= 15 is 0 Å². The first-order valence-corrected chi connectivity index (χ1v) is 4.13. The third-order valence-electron chi connectivity index (χ3n) is 2.18. The first kappa shape index (κ1) is 9.58. The second kappa shape index (κ2) is 3.47. The molecule has 0 radical (unpaired) electrons. The molecule has 1 rings (SSSR count). The van der Waals surface area contributed by atoms with Crippen LogP contribution >= 0.6 is 0 Å². The first-order chi connectivity index (χ1) is 6.04. The lowest BCUT2D eigenvalue weighted by Gasteiger charge is -2.18. The zero-order valence-electron chi connectivity index (χ0n) is 8.16. The van der Waals surface area contributed by atoms with Gasteiger partial charge in [0, 0.05) is 25.3 Å². The van der Waals surface area contributed by atoms with Gasteiger partial charge in [-0.15, -0.1) is 0 Å². The summed E-state index contributed by atoms with van der Waals surface area (Å²) in [5, 5.41) is 0. The fraction of sp³-hybridized carbons (Fsp3) is 0.300. The number of anilines is 2. The predicted molar refractivity (Wildman–Crippen MR) is 54.7 cm³/mol. The Morgan fingerprint density at radius 1 is 1.46 bits per heavy atom.